The fourth-order valence-corrected chi connectivity index (χ4v) is 2.84. The molecule has 2 N–H and O–H groups in total. The van der Waals surface area contributed by atoms with Crippen LogP contribution in [0.4, 0.5) is 5.82 Å². The summed E-state index contributed by atoms with van der Waals surface area (Å²) in [7, 11) is 0. The van der Waals surface area contributed by atoms with E-state index >= 15 is 0 Å². The van der Waals surface area contributed by atoms with E-state index in [1.54, 1.807) is 11.3 Å². The highest BCUT2D eigenvalue weighted by atomic mass is 35.5. The highest BCUT2D eigenvalue weighted by Gasteiger charge is 2.07. The molecule has 0 spiro atoms. The predicted octanol–water partition coefficient (Wildman–Crippen LogP) is 3.52. The van der Waals surface area contributed by atoms with Crippen LogP contribution in [0.3, 0.4) is 0 Å². The van der Waals surface area contributed by atoms with E-state index in [0.29, 0.717) is 12.2 Å². The highest BCUT2D eigenvalue weighted by molar-refractivity contribution is 7.16. The van der Waals surface area contributed by atoms with Crippen molar-refractivity contribution in [3.05, 3.63) is 52.1 Å². The van der Waals surface area contributed by atoms with Crippen LogP contribution < -0.4 is 5.73 Å². The number of hydrogen-bond acceptors (Lipinski definition) is 4. The zero-order valence-electron chi connectivity index (χ0n) is 9.43. The zero-order chi connectivity index (χ0) is 12.5. The molecule has 0 aliphatic rings. The maximum Gasteiger partial charge on any atom is 0.136 e. The van der Waals surface area contributed by atoms with Crippen LogP contribution >= 0.6 is 22.9 Å². The third kappa shape index (κ3) is 2.17. The van der Waals surface area contributed by atoms with E-state index in [2.05, 4.69) is 9.97 Å². The van der Waals surface area contributed by atoms with Crippen molar-refractivity contribution < 1.29 is 0 Å². The van der Waals surface area contributed by atoms with Crippen molar-refractivity contribution >= 4 is 39.0 Å². The van der Waals surface area contributed by atoms with Gasteiger partial charge in [-0.05, 0) is 29.1 Å². The average Bonchev–Trinajstić information content (AvgIpc) is 2.77. The van der Waals surface area contributed by atoms with Crippen LogP contribution in [-0.2, 0) is 6.42 Å². The van der Waals surface area contributed by atoms with Gasteiger partial charge in [-0.15, -0.1) is 11.3 Å². The maximum atomic E-state index is 5.96. The van der Waals surface area contributed by atoms with E-state index < -0.39 is 0 Å². The molecule has 3 rings (SSSR count). The number of nitrogen functional groups attached to an aromatic ring is 1. The van der Waals surface area contributed by atoms with Crippen LogP contribution in [0.25, 0.3) is 10.2 Å². The fraction of sp³-hybridized carbons (Fsp3) is 0.0769. The topological polar surface area (TPSA) is 51.8 Å². The Hall–Kier alpha value is -1.65. The van der Waals surface area contributed by atoms with Crippen molar-refractivity contribution in [3.63, 3.8) is 0 Å². The van der Waals surface area contributed by atoms with Crippen molar-refractivity contribution in [1.82, 2.24) is 9.97 Å². The quantitative estimate of drug-likeness (QED) is 0.778. The van der Waals surface area contributed by atoms with Crippen LogP contribution in [0, 0.1) is 0 Å². The van der Waals surface area contributed by atoms with Gasteiger partial charge in [-0.25, -0.2) is 9.97 Å². The first-order valence-electron chi connectivity index (χ1n) is 5.46. The molecule has 3 nitrogen and oxygen atoms in total. The molecule has 0 bridgehead atoms. The van der Waals surface area contributed by atoms with Crippen molar-refractivity contribution in [2.45, 2.75) is 6.42 Å². The first-order chi connectivity index (χ1) is 8.72. The monoisotopic (exact) mass is 275 g/mol. The molecule has 0 radical (unpaired) electrons. The van der Waals surface area contributed by atoms with Crippen LogP contribution in [0.15, 0.2) is 35.7 Å². The Morgan fingerprint density at radius 2 is 2.11 bits per heavy atom. The molecular weight excluding hydrogens is 266 g/mol. The predicted molar refractivity (Wildman–Crippen MR) is 76.1 cm³/mol. The Labute approximate surface area is 113 Å². The molecule has 0 saturated heterocycles. The lowest BCUT2D eigenvalue weighted by molar-refractivity contribution is 1.00. The minimum absolute atomic E-state index is 0.540. The smallest absolute Gasteiger partial charge is 0.136 e. The van der Waals surface area contributed by atoms with Gasteiger partial charge in [0.15, 0.2) is 0 Å². The number of thiophene rings is 1. The highest BCUT2D eigenvalue weighted by Crippen LogP contribution is 2.23. The molecule has 1 aromatic carbocycles. The van der Waals surface area contributed by atoms with E-state index in [9.17, 15) is 0 Å². The minimum atomic E-state index is 0.540. The summed E-state index contributed by atoms with van der Waals surface area (Å²) in [5.74, 6) is 1.27. The lowest BCUT2D eigenvalue weighted by Gasteiger charge is -2.03. The number of anilines is 1. The van der Waals surface area contributed by atoms with Gasteiger partial charge in [-0.2, -0.15) is 0 Å². The molecule has 2 aromatic heterocycles. The molecule has 0 aliphatic carbocycles. The summed E-state index contributed by atoms with van der Waals surface area (Å²) < 4.78 is 0. The van der Waals surface area contributed by atoms with E-state index in [0.717, 1.165) is 26.6 Å². The molecule has 0 atom stereocenters. The summed E-state index contributed by atoms with van der Waals surface area (Å²) >= 11 is 7.53. The lowest BCUT2D eigenvalue weighted by atomic mass is 10.1. The van der Waals surface area contributed by atoms with Gasteiger partial charge in [0, 0.05) is 11.4 Å². The van der Waals surface area contributed by atoms with Crippen LogP contribution in [0.5, 0.6) is 0 Å². The zero-order valence-corrected chi connectivity index (χ0v) is 11.0. The largest absolute Gasteiger partial charge is 0.383 e. The van der Waals surface area contributed by atoms with Crippen molar-refractivity contribution in [1.29, 1.82) is 0 Å². The fourth-order valence-electron chi connectivity index (χ4n) is 1.83. The van der Waals surface area contributed by atoms with E-state index in [4.69, 9.17) is 17.3 Å². The summed E-state index contributed by atoms with van der Waals surface area (Å²) in [5, 5.41) is 3.62. The first kappa shape index (κ1) is 11.4. The number of rotatable bonds is 2. The third-order valence-corrected chi connectivity index (χ3v) is 3.69. The van der Waals surface area contributed by atoms with Gasteiger partial charge in [0.1, 0.15) is 16.5 Å². The van der Waals surface area contributed by atoms with Gasteiger partial charge in [0.2, 0.25) is 0 Å². The van der Waals surface area contributed by atoms with Gasteiger partial charge in [-0.3, -0.25) is 0 Å². The molecule has 0 saturated carbocycles. The molecule has 0 unspecified atom stereocenters. The summed E-state index contributed by atoms with van der Waals surface area (Å²) in [6.07, 6.45) is 0.638. The Kier molecular flexibility index (Phi) is 2.89. The molecule has 0 fully saturated rings. The molecule has 18 heavy (non-hydrogen) atoms. The molecule has 0 amide bonds. The van der Waals surface area contributed by atoms with Gasteiger partial charge in [0.05, 0.1) is 5.39 Å². The SMILES string of the molecule is Nc1nc(Cc2cccc(Cl)c2)nc2sccc12. The van der Waals surface area contributed by atoms with Gasteiger partial charge in [0.25, 0.3) is 0 Å². The number of hydrogen-bond donors (Lipinski definition) is 1. The first-order valence-corrected chi connectivity index (χ1v) is 6.72. The second kappa shape index (κ2) is 4.55. The van der Waals surface area contributed by atoms with Crippen LogP contribution in [-0.4, -0.2) is 9.97 Å². The van der Waals surface area contributed by atoms with Gasteiger partial charge >= 0.3 is 0 Å². The number of nitrogens with zero attached hydrogens (tertiary/aromatic N) is 2. The number of benzene rings is 1. The van der Waals surface area contributed by atoms with Crippen molar-refractivity contribution in [2.24, 2.45) is 0 Å². The van der Waals surface area contributed by atoms with E-state index in [1.165, 1.54) is 0 Å². The normalized spacial score (nSPS) is 10.9. The van der Waals surface area contributed by atoms with Gasteiger partial charge < -0.3 is 5.73 Å². The number of nitrogens with two attached hydrogens (primary N) is 1. The Bertz CT molecular complexity index is 708. The van der Waals surface area contributed by atoms with Crippen molar-refractivity contribution in [2.75, 3.05) is 5.73 Å². The summed E-state index contributed by atoms with van der Waals surface area (Å²) in [4.78, 5) is 9.76. The molecular formula is C13H10ClN3S. The second-order valence-electron chi connectivity index (χ2n) is 3.97. The summed E-state index contributed by atoms with van der Waals surface area (Å²) in [5.41, 5.74) is 7.00. The minimum Gasteiger partial charge on any atom is -0.383 e. The van der Waals surface area contributed by atoms with E-state index in [1.807, 2.05) is 35.7 Å². The summed E-state index contributed by atoms with van der Waals surface area (Å²) in [6.45, 7) is 0. The summed E-state index contributed by atoms with van der Waals surface area (Å²) in [6, 6.07) is 9.63. The Morgan fingerprint density at radius 3 is 2.94 bits per heavy atom. The number of fused-ring (bicyclic) bond motifs is 1. The van der Waals surface area contributed by atoms with Crippen LogP contribution in [0.2, 0.25) is 5.02 Å². The van der Waals surface area contributed by atoms with Gasteiger partial charge in [-0.1, -0.05) is 23.7 Å². The maximum absolute atomic E-state index is 5.96. The Morgan fingerprint density at radius 1 is 1.22 bits per heavy atom. The Balaban J connectivity index is 1.99. The number of halogens is 1. The molecule has 5 heteroatoms. The average molecular weight is 276 g/mol. The number of aromatic nitrogens is 2. The molecule has 0 aliphatic heterocycles. The molecule has 2 heterocycles. The third-order valence-electron chi connectivity index (χ3n) is 2.65. The van der Waals surface area contributed by atoms with Crippen LogP contribution in [0.1, 0.15) is 11.4 Å². The lowest BCUT2D eigenvalue weighted by Crippen LogP contribution is -2.00. The standard InChI is InChI=1S/C13H10ClN3S/c14-9-3-1-2-8(6-9)7-11-16-12(15)10-4-5-18-13(10)17-11/h1-6H,7H2,(H2,15,16,17). The molecule has 3 aromatic rings. The second-order valence-corrected chi connectivity index (χ2v) is 5.30. The van der Waals surface area contributed by atoms with Crippen molar-refractivity contribution in [3.8, 4) is 0 Å². The molecule has 90 valence electrons. The van der Waals surface area contributed by atoms with E-state index in [-0.39, 0.29) is 0 Å².